The molecule has 3 nitrogen and oxygen atoms in total. The molecule has 0 radical (unpaired) electrons. The van der Waals surface area contributed by atoms with Crippen LogP contribution in [0.5, 0.6) is 0 Å². The number of allylic oxidation sites excluding steroid dienone is 1. The fourth-order valence-electron chi connectivity index (χ4n) is 1.13. The van der Waals surface area contributed by atoms with Gasteiger partial charge in [-0.3, -0.25) is 10.7 Å². The maximum absolute atomic E-state index is 7.38. The van der Waals surface area contributed by atoms with Gasteiger partial charge < -0.3 is 4.74 Å². The molecule has 3 N–H and O–H groups in total. The van der Waals surface area contributed by atoms with E-state index < -0.39 is 0 Å². The zero-order valence-corrected chi connectivity index (χ0v) is 10.7. The number of quaternary nitrogens is 1. The molecule has 1 aromatic carbocycles. The Morgan fingerprint density at radius 1 is 1.47 bits per heavy atom. The van der Waals surface area contributed by atoms with Crippen LogP contribution in [0.3, 0.4) is 0 Å². The predicted octanol–water partition coefficient (Wildman–Crippen LogP) is 2.17. The number of nitrogens with two attached hydrogens (primary N) is 1. The van der Waals surface area contributed by atoms with Crippen LogP contribution in [0, 0.1) is 5.41 Å². The number of para-hydroxylation sites is 1. The maximum Gasteiger partial charge on any atom is 0.295 e. The first kappa shape index (κ1) is 12.2. The summed E-state index contributed by atoms with van der Waals surface area (Å²) in [6.07, 6.45) is 1.71. The van der Waals surface area contributed by atoms with Gasteiger partial charge in [0.05, 0.1) is 12.7 Å². The van der Waals surface area contributed by atoms with Crippen LogP contribution in [0.2, 0.25) is 0 Å². The van der Waals surface area contributed by atoms with Crippen molar-refractivity contribution in [3.8, 4) is 0 Å². The van der Waals surface area contributed by atoms with Gasteiger partial charge in [-0.25, -0.2) is 0 Å². The Morgan fingerprint density at radius 3 is 2.67 bits per heavy atom. The van der Waals surface area contributed by atoms with Crippen LogP contribution in [0.1, 0.15) is 6.92 Å². The number of rotatable bonds is 5. The zero-order valence-electron chi connectivity index (χ0n) is 8.53. The Morgan fingerprint density at radius 2 is 2.13 bits per heavy atom. The molecule has 0 heterocycles. The van der Waals surface area contributed by atoms with E-state index in [1.807, 2.05) is 65.2 Å². The van der Waals surface area contributed by atoms with Gasteiger partial charge in [0.1, 0.15) is 9.41 Å². The van der Waals surface area contributed by atoms with Crippen molar-refractivity contribution < 1.29 is 10.1 Å². The number of benzene rings is 1. The van der Waals surface area contributed by atoms with Crippen LogP contribution >= 0.6 is 22.6 Å². The van der Waals surface area contributed by atoms with Crippen molar-refractivity contribution in [2.24, 2.45) is 0 Å². The number of nitrogens with one attached hydrogen (secondary N) is 1. The van der Waals surface area contributed by atoms with Crippen molar-refractivity contribution in [2.45, 2.75) is 6.92 Å². The summed E-state index contributed by atoms with van der Waals surface area (Å²) < 4.78 is 5.88. The molecule has 0 bridgehead atoms. The molecule has 1 aromatic rings. The second-order valence-corrected chi connectivity index (χ2v) is 4.04. The van der Waals surface area contributed by atoms with Gasteiger partial charge in [-0.05, 0) is 41.6 Å². The second-order valence-electron chi connectivity index (χ2n) is 2.88. The molecule has 0 spiro atoms. The minimum atomic E-state index is 0.461. The Kier molecular flexibility index (Phi) is 5.34. The lowest BCUT2D eigenvalue weighted by Crippen LogP contribution is -2.76. The van der Waals surface area contributed by atoms with Crippen LogP contribution in [0.4, 0.5) is 5.69 Å². The van der Waals surface area contributed by atoms with Crippen molar-refractivity contribution in [2.75, 3.05) is 6.61 Å². The molecule has 0 amide bonds. The molecule has 0 unspecified atom stereocenters. The first-order valence-electron chi connectivity index (χ1n) is 4.70. The first-order valence-corrected chi connectivity index (χ1v) is 5.78. The molecule has 0 aliphatic carbocycles. The molecule has 15 heavy (non-hydrogen) atoms. The van der Waals surface area contributed by atoms with E-state index in [0.29, 0.717) is 10.3 Å². The number of ether oxygens (including phenoxy) is 1. The van der Waals surface area contributed by atoms with Gasteiger partial charge in [0.25, 0.3) is 5.88 Å². The highest BCUT2D eigenvalue weighted by atomic mass is 127. The third-order valence-electron chi connectivity index (χ3n) is 1.69. The Labute approximate surface area is 103 Å². The van der Waals surface area contributed by atoms with E-state index in [1.54, 1.807) is 6.08 Å². The van der Waals surface area contributed by atoms with E-state index in [0.717, 1.165) is 11.6 Å². The van der Waals surface area contributed by atoms with E-state index >= 15 is 0 Å². The highest BCUT2D eigenvalue weighted by molar-refractivity contribution is 14.1. The van der Waals surface area contributed by atoms with Gasteiger partial charge in [0, 0.05) is 0 Å². The molecule has 0 aliphatic rings. The molecule has 0 atom stereocenters. The predicted molar refractivity (Wildman–Crippen MR) is 69.5 cm³/mol. The topological polar surface area (TPSA) is 49.7 Å². The molecule has 1 rings (SSSR count). The average Bonchev–Trinajstić information content (AvgIpc) is 2.18. The first-order chi connectivity index (χ1) is 7.22. The van der Waals surface area contributed by atoms with E-state index in [1.165, 1.54) is 0 Å². The highest BCUT2D eigenvalue weighted by Gasteiger charge is 2.04. The van der Waals surface area contributed by atoms with E-state index in [4.69, 9.17) is 10.1 Å². The van der Waals surface area contributed by atoms with Crippen LogP contribution in [-0.4, -0.2) is 10.3 Å². The number of hydrogen-bond donors (Lipinski definition) is 2. The summed E-state index contributed by atoms with van der Waals surface area (Å²) in [7, 11) is 0. The zero-order chi connectivity index (χ0) is 11.1. The molecule has 0 aromatic heterocycles. The minimum Gasteiger partial charge on any atom is -0.452 e. The lowest BCUT2D eigenvalue weighted by Gasteiger charge is -2.04. The van der Waals surface area contributed by atoms with Gasteiger partial charge in [0.15, 0.2) is 0 Å². The fourth-order valence-corrected chi connectivity index (χ4v) is 1.44. The van der Waals surface area contributed by atoms with E-state index in [2.05, 4.69) is 0 Å². The summed E-state index contributed by atoms with van der Waals surface area (Å²) in [5.74, 6) is 0.725. The molecule has 0 saturated heterocycles. The lowest BCUT2D eigenvalue weighted by molar-refractivity contribution is -0.550. The highest BCUT2D eigenvalue weighted by Crippen LogP contribution is 2.00. The van der Waals surface area contributed by atoms with Crippen LogP contribution < -0.4 is 5.32 Å². The molecule has 0 saturated carbocycles. The number of halogens is 1. The molecule has 4 heteroatoms. The maximum atomic E-state index is 7.38. The average molecular weight is 317 g/mol. The monoisotopic (exact) mass is 317 g/mol. The third kappa shape index (κ3) is 4.94. The van der Waals surface area contributed by atoms with E-state index in [9.17, 15) is 0 Å². The van der Waals surface area contributed by atoms with Crippen LogP contribution in [0.15, 0.2) is 42.3 Å². The summed E-state index contributed by atoms with van der Waals surface area (Å²) in [4.78, 5) is 0. The number of hydrogen-bond acceptors (Lipinski definition) is 2. The van der Waals surface area contributed by atoms with Crippen molar-refractivity contribution in [3.63, 3.8) is 0 Å². The summed E-state index contributed by atoms with van der Waals surface area (Å²) in [5.41, 5.74) is 1.08. The summed E-state index contributed by atoms with van der Waals surface area (Å²) >= 11 is 1.95. The van der Waals surface area contributed by atoms with E-state index in [-0.39, 0.29) is 0 Å². The smallest absolute Gasteiger partial charge is 0.295 e. The van der Waals surface area contributed by atoms with Gasteiger partial charge in [-0.1, -0.05) is 18.2 Å². The molecule has 80 valence electrons. The summed E-state index contributed by atoms with van der Waals surface area (Å²) in [6, 6.07) is 9.94. The molecular formula is C11H14IN2O+. The molecule has 0 aliphatic heterocycles. The quantitative estimate of drug-likeness (QED) is 0.372. The Hall–Kier alpha value is -0.880. The fraction of sp³-hybridized carbons (Fsp3) is 0.182. The van der Waals surface area contributed by atoms with Crippen LogP contribution in [0.25, 0.3) is 0 Å². The molecule has 0 fully saturated rings. The third-order valence-corrected chi connectivity index (χ3v) is 2.00. The van der Waals surface area contributed by atoms with Crippen molar-refractivity contribution >= 4 is 32.0 Å². The van der Waals surface area contributed by atoms with Gasteiger partial charge in [-0.2, -0.15) is 0 Å². The van der Waals surface area contributed by atoms with Crippen molar-refractivity contribution in [1.82, 2.24) is 0 Å². The van der Waals surface area contributed by atoms with Gasteiger partial charge in [-0.15, -0.1) is 0 Å². The normalized spacial score (nSPS) is 11.2. The largest absolute Gasteiger partial charge is 0.452 e. The van der Waals surface area contributed by atoms with Crippen molar-refractivity contribution in [1.29, 1.82) is 5.41 Å². The van der Waals surface area contributed by atoms with Gasteiger partial charge >= 0.3 is 0 Å². The van der Waals surface area contributed by atoms with Crippen LogP contribution in [-0.2, 0) is 4.74 Å². The van der Waals surface area contributed by atoms with Crippen molar-refractivity contribution in [3.05, 3.63) is 42.3 Å². The second kappa shape index (κ2) is 6.58. The summed E-state index contributed by atoms with van der Waals surface area (Å²) in [5, 5.41) is 9.31. The lowest BCUT2D eigenvalue weighted by atomic mass is 10.3. The SMILES string of the molecule is CCO/C(=C/C(=N)I)[NH2+]c1ccccc1. The summed E-state index contributed by atoms with van der Waals surface area (Å²) in [6.45, 7) is 2.54. The standard InChI is InChI=1S/C11H13IN2O/c1-2-15-11(8-10(12)13)14-9-6-4-3-5-7-9/h3-8,13-14H,2H2,1H3/p+1/b11-8+,13-10?. The van der Waals surface area contributed by atoms with Gasteiger partial charge in [0.2, 0.25) is 0 Å². The Balaban J connectivity index is 2.71. The minimum absolute atomic E-state index is 0.461. The molecular weight excluding hydrogens is 303 g/mol. The Bertz CT molecular complexity index is 349.